The van der Waals surface area contributed by atoms with Gasteiger partial charge in [-0.3, -0.25) is 0 Å². The smallest absolute Gasteiger partial charge is 0.188 e. The lowest BCUT2D eigenvalue weighted by Gasteiger charge is -2.14. The molecule has 0 aromatic heterocycles. The molecule has 0 bridgehead atoms. The van der Waals surface area contributed by atoms with Crippen LogP contribution in [0.1, 0.15) is 12.5 Å². The van der Waals surface area contributed by atoms with Crippen LogP contribution in [0.25, 0.3) is 0 Å². The summed E-state index contributed by atoms with van der Waals surface area (Å²) in [6, 6.07) is 13.8. The van der Waals surface area contributed by atoms with E-state index >= 15 is 0 Å². The second-order valence-electron chi connectivity index (χ2n) is 6.34. The molecule has 6 nitrogen and oxygen atoms in total. The zero-order valence-electron chi connectivity index (χ0n) is 16.9. The van der Waals surface area contributed by atoms with Crippen LogP contribution in [0.15, 0.2) is 52.4 Å². The third kappa shape index (κ3) is 6.56. The van der Waals surface area contributed by atoms with Crippen LogP contribution in [0.5, 0.6) is 17.2 Å². The quantitative estimate of drug-likeness (QED) is 0.359. The third-order valence-electron chi connectivity index (χ3n) is 4.10. The van der Waals surface area contributed by atoms with E-state index in [4.69, 9.17) is 19.9 Å². The van der Waals surface area contributed by atoms with Gasteiger partial charge in [0.1, 0.15) is 5.75 Å². The van der Waals surface area contributed by atoms with E-state index in [-0.39, 0.29) is 0 Å². The first kappa shape index (κ1) is 21.8. The Kier molecular flexibility index (Phi) is 8.81. The lowest BCUT2D eigenvalue weighted by molar-refractivity contribution is 0.354. The number of rotatable bonds is 10. The van der Waals surface area contributed by atoms with Crippen LogP contribution in [0, 0.1) is 5.92 Å². The minimum Gasteiger partial charge on any atom is -0.496 e. The molecule has 0 saturated heterocycles. The van der Waals surface area contributed by atoms with Crippen molar-refractivity contribution in [3.8, 4) is 17.2 Å². The maximum Gasteiger partial charge on any atom is 0.188 e. The molecule has 0 amide bonds. The number of guanidine groups is 1. The van der Waals surface area contributed by atoms with Crippen molar-refractivity contribution in [2.75, 3.05) is 33.6 Å². The highest BCUT2D eigenvalue weighted by molar-refractivity contribution is 7.99. The third-order valence-corrected chi connectivity index (χ3v) is 5.49. The summed E-state index contributed by atoms with van der Waals surface area (Å²) in [4.78, 5) is 5.55. The zero-order valence-corrected chi connectivity index (χ0v) is 17.7. The minimum atomic E-state index is 0.421. The van der Waals surface area contributed by atoms with Crippen LogP contribution in [0.4, 0.5) is 0 Å². The van der Waals surface area contributed by atoms with E-state index in [1.54, 1.807) is 33.1 Å². The molecule has 3 N–H and O–H groups in total. The summed E-state index contributed by atoms with van der Waals surface area (Å²) in [7, 11) is 4.93. The molecule has 2 aromatic carbocycles. The van der Waals surface area contributed by atoms with Gasteiger partial charge in [-0.25, -0.2) is 4.99 Å². The Hall–Kier alpha value is -2.54. The van der Waals surface area contributed by atoms with E-state index in [1.165, 1.54) is 0 Å². The van der Waals surface area contributed by atoms with Crippen LogP contribution in [0.3, 0.4) is 0 Å². The summed E-state index contributed by atoms with van der Waals surface area (Å²) in [5, 5.41) is 3.20. The number of methoxy groups -OCH3 is 3. The predicted molar refractivity (Wildman–Crippen MR) is 116 cm³/mol. The number of nitrogens with one attached hydrogen (secondary N) is 1. The van der Waals surface area contributed by atoms with E-state index < -0.39 is 0 Å². The van der Waals surface area contributed by atoms with Crippen LogP contribution >= 0.6 is 11.8 Å². The maximum atomic E-state index is 6.01. The average molecular weight is 404 g/mol. The molecule has 0 heterocycles. The number of hydrogen-bond donors (Lipinski definition) is 2. The standard InChI is InChI=1S/C21H29N3O3S/c1-15(14-28-20-8-6-5-7-18(20)26-3)12-23-21(22)24-13-16-9-10-17(25-2)19(11-16)27-4/h5-11,15H,12-14H2,1-4H3,(H3,22,23,24). The Morgan fingerprint density at radius 2 is 1.75 bits per heavy atom. The normalized spacial score (nSPS) is 12.4. The molecule has 7 heteroatoms. The van der Waals surface area contributed by atoms with Crippen LogP contribution < -0.4 is 25.3 Å². The molecule has 1 atom stereocenters. The van der Waals surface area contributed by atoms with Crippen LogP contribution in [-0.4, -0.2) is 39.6 Å². The number of para-hydroxylation sites is 1. The van der Waals surface area contributed by atoms with Gasteiger partial charge in [-0.15, -0.1) is 11.8 Å². The number of nitrogens with two attached hydrogens (primary N) is 1. The number of thioether (sulfide) groups is 1. The van der Waals surface area contributed by atoms with Gasteiger partial charge in [0.2, 0.25) is 0 Å². The van der Waals surface area contributed by atoms with Crippen molar-refractivity contribution < 1.29 is 14.2 Å². The number of ether oxygens (including phenoxy) is 3. The van der Waals surface area contributed by atoms with Gasteiger partial charge in [-0.1, -0.05) is 25.1 Å². The Balaban J connectivity index is 1.80. The number of aliphatic imine (C=N–C) groups is 1. The van der Waals surface area contributed by atoms with Crippen molar-refractivity contribution in [2.24, 2.45) is 16.6 Å². The fourth-order valence-corrected chi connectivity index (χ4v) is 3.57. The molecule has 0 aliphatic rings. The van der Waals surface area contributed by atoms with Gasteiger partial charge in [-0.05, 0) is 35.7 Å². The molecule has 0 aliphatic heterocycles. The predicted octanol–water partition coefficient (Wildman–Crippen LogP) is 3.55. The average Bonchev–Trinajstić information content (AvgIpc) is 2.74. The van der Waals surface area contributed by atoms with Gasteiger partial charge >= 0.3 is 0 Å². The van der Waals surface area contributed by atoms with Gasteiger partial charge in [0, 0.05) is 17.2 Å². The lowest BCUT2D eigenvalue weighted by atomic mass is 10.2. The fraction of sp³-hybridized carbons (Fsp3) is 0.381. The molecule has 28 heavy (non-hydrogen) atoms. The molecule has 2 rings (SSSR count). The molecular formula is C21H29N3O3S. The highest BCUT2D eigenvalue weighted by Gasteiger charge is 2.08. The fourth-order valence-electron chi connectivity index (χ4n) is 2.52. The highest BCUT2D eigenvalue weighted by atomic mass is 32.2. The van der Waals surface area contributed by atoms with E-state index in [2.05, 4.69) is 23.3 Å². The zero-order chi connectivity index (χ0) is 20.4. The molecule has 0 aliphatic carbocycles. The minimum absolute atomic E-state index is 0.421. The first-order valence-corrected chi connectivity index (χ1v) is 10.1. The molecular weight excluding hydrogens is 374 g/mol. The van der Waals surface area contributed by atoms with Crippen molar-refractivity contribution in [1.29, 1.82) is 0 Å². The molecule has 0 radical (unpaired) electrons. The Morgan fingerprint density at radius 3 is 2.46 bits per heavy atom. The lowest BCUT2D eigenvalue weighted by Crippen LogP contribution is -2.35. The molecule has 0 fully saturated rings. The Labute approximate surface area is 171 Å². The van der Waals surface area contributed by atoms with E-state index in [1.807, 2.05) is 36.4 Å². The van der Waals surface area contributed by atoms with Gasteiger partial charge in [0.05, 0.1) is 27.9 Å². The van der Waals surface area contributed by atoms with E-state index in [9.17, 15) is 0 Å². The molecule has 0 spiro atoms. The van der Waals surface area contributed by atoms with E-state index in [0.717, 1.165) is 28.5 Å². The summed E-state index contributed by atoms with van der Waals surface area (Å²) in [6.07, 6.45) is 0. The van der Waals surface area contributed by atoms with Crippen molar-refractivity contribution in [1.82, 2.24) is 5.32 Å². The van der Waals surface area contributed by atoms with Gasteiger partial charge < -0.3 is 25.3 Å². The topological polar surface area (TPSA) is 78.1 Å². The number of benzene rings is 2. The summed E-state index contributed by atoms with van der Waals surface area (Å²) in [5.41, 5.74) is 7.01. The summed E-state index contributed by atoms with van der Waals surface area (Å²) in [6.45, 7) is 3.41. The second-order valence-corrected chi connectivity index (χ2v) is 7.40. The second kappa shape index (κ2) is 11.3. The van der Waals surface area contributed by atoms with Gasteiger partial charge in [-0.2, -0.15) is 0 Å². The molecule has 0 saturated carbocycles. The Bertz CT molecular complexity index is 783. The van der Waals surface area contributed by atoms with Crippen molar-refractivity contribution in [3.63, 3.8) is 0 Å². The number of hydrogen-bond acceptors (Lipinski definition) is 5. The van der Waals surface area contributed by atoms with E-state index in [0.29, 0.717) is 29.9 Å². The van der Waals surface area contributed by atoms with Gasteiger partial charge in [0.25, 0.3) is 0 Å². The molecule has 152 valence electrons. The highest BCUT2D eigenvalue weighted by Crippen LogP contribution is 2.30. The van der Waals surface area contributed by atoms with Crippen molar-refractivity contribution in [2.45, 2.75) is 18.4 Å². The first-order valence-electron chi connectivity index (χ1n) is 9.07. The first-order chi connectivity index (χ1) is 13.6. The van der Waals surface area contributed by atoms with Gasteiger partial charge in [0.15, 0.2) is 17.5 Å². The van der Waals surface area contributed by atoms with Crippen LogP contribution in [0.2, 0.25) is 0 Å². The summed E-state index contributed by atoms with van der Waals surface area (Å²) >= 11 is 1.78. The Morgan fingerprint density at radius 1 is 1.04 bits per heavy atom. The molecule has 1 unspecified atom stereocenters. The van der Waals surface area contributed by atoms with Crippen molar-refractivity contribution in [3.05, 3.63) is 48.0 Å². The summed E-state index contributed by atoms with van der Waals surface area (Å²) in [5.74, 6) is 4.10. The van der Waals surface area contributed by atoms with Crippen molar-refractivity contribution >= 4 is 17.7 Å². The monoisotopic (exact) mass is 403 g/mol. The molecule has 2 aromatic rings. The SMILES string of the molecule is COc1ccc(CN=C(N)NCC(C)CSc2ccccc2OC)cc1OC. The number of nitrogens with zero attached hydrogens (tertiary/aromatic N) is 1. The summed E-state index contributed by atoms with van der Waals surface area (Å²) < 4.78 is 15.9. The van der Waals surface area contributed by atoms with Crippen LogP contribution in [-0.2, 0) is 6.54 Å². The largest absolute Gasteiger partial charge is 0.496 e. The maximum absolute atomic E-state index is 6.01.